The summed E-state index contributed by atoms with van der Waals surface area (Å²) in [6.07, 6.45) is 6.83. The fourth-order valence-electron chi connectivity index (χ4n) is 3.87. The van der Waals surface area contributed by atoms with Gasteiger partial charge in [-0.05, 0) is 57.0 Å². The second-order valence-corrected chi connectivity index (χ2v) is 6.64. The third-order valence-corrected chi connectivity index (χ3v) is 5.12. The predicted molar refractivity (Wildman–Crippen MR) is 99.9 cm³/mol. The molecule has 0 bridgehead atoms. The minimum atomic E-state index is 0. The molecule has 0 aromatic heterocycles. The van der Waals surface area contributed by atoms with Crippen molar-refractivity contribution in [2.45, 2.75) is 65.0 Å². The SMILES string of the molecule is C=C.CC.CC1CC(N(CC2CCNCC2)C2CCOC2)C1.O. The maximum atomic E-state index is 5.62. The maximum absolute atomic E-state index is 5.62. The maximum Gasteiger partial charge on any atom is 0.0622 e. The van der Waals surface area contributed by atoms with E-state index in [0.29, 0.717) is 0 Å². The van der Waals surface area contributed by atoms with Gasteiger partial charge in [0.15, 0.2) is 0 Å². The molecule has 1 atom stereocenters. The first-order chi connectivity index (χ1) is 10.8. The second kappa shape index (κ2) is 12.9. The molecular formula is C19H40N2O2. The minimum absolute atomic E-state index is 0. The van der Waals surface area contributed by atoms with Crippen molar-refractivity contribution in [1.29, 1.82) is 0 Å². The molecule has 0 radical (unpaired) electrons. The van der Waals surface area contributed by atoms with Gasteiger partial charge >= 0.3 is 0 Å². The van der Waals surface area contributed by atoms with Gasteiger partial charge in [0.25, 0.3) is 0 Å². The highest BCUT2D eigenvalue weighted by molar-refractivity contribution is 4.91. The normalized spacial score (nSPS) is 30.2. The number of nitrogens with zero attached hydrogens (tertiary/aromatic N) is 1. The van der Waals surface area contributed by atoms with E-state index in [1.807, 2.05) is 13.8 Å². The number of ether oxygens (including phenoxy) is 1. The molecule has 3 aliphatic rings. The molecule has 0 aromatic carbocycles. The highest BCUT2D eigenvalue weighted by Crippen LogP contribution is 2.35. The van der Waals surface area contributed by atoms with E-state index in [1.165, 1.54) is 51.7 Å². The molecule has 1 unspecified atom stereocenters. The van der Waals surface area contributed by atoms with Crippen LogP contribution in [0.25, 0.3) is 0 Å². The van der Waals surface area contributed by atoms with Crippen LogP contribution in [-0.2, 0) is 4.74 Å². The number of hydrogen-bond acceptors (Lipinski definition) is 3. The average molecular weight is 329 g/mol. The largest absolute Gasteiger partial charge is 0.412 e. The molecule has 23 heavy (non-hydrogen) atoms. The van der Waals surface area contributed by atoms with Gasteiger partial charge in [0.05, 0.1) is 6.61 Å². The zero-order valence-corrected chi connectivity index (χ0v) is 15.7. The van der Waals surface area contributed by atoms with E-state index in [2.05, 4.69) is 30.3 Å². The standard InChI is InChI=1S/C15H28N2O.C2H6.C2H4.H2O/c1-12-8-15(9-12)17(14-4-7-18-11-14)10-13-2-5-16-6-3-13;2*1-2;/h12-16H,2-11H2,1H3;1-2H3;1-2H2;1H2. The van der Waals surface area contributed by atoms with Gasteiger partial charge < -0.3 is 15.5 Å². The first kappa shape index (κ1) is 22.6. The van der Waals surface area contributed by atoms with Crippen molar-refractivity contribution >= 4 is 0 Å². The van der Waals surface area contributed by atoms with Crippen molar-refractivity contribution in [3.63, 3.8) is 0 Å². The summed E-state index contributed by atoms with van der Waals surface area (Å²) in [5, 5.41) is 3.48. The molecule has 138 valence electrons. The third-order valence-electron chi connectivity index (χ3n) is 5.12. The van der Waals surface area contributed by atoms with Crippen molar-refractivity contribution in [2.24, 2.45) is 11.8 Å². The van der Waals surface area contributed by atoms with E-state index in [0.717, 1.165) is 37.1 Å². The van der Waals surface area contributed by atoms with Crippen LogP contribution in [0, 0.1) is 11.8 Å². The minimum Gasteiger partial charge on any atom is -0.412 e. The van der Waals surface area contributed by atoms with E-state index < -0.39 is 0 Å². The Kier molecular flexibility index (Phi) is 12.7. The molecular weight excluding hydrogens is 288 g/mol. The lowest BCUT2D eigenvalue weighted by molar-refractivity contribution is 0.0249. The zero-order valence-electron chi connectivity index (χ0n) is 15.7. The number of piperidine rings is 1. The summed E-state index contributed by atoms with van der Waals surface area (Å²) in [6, 6.07) is 1.58. The van der Waals surface area contributed by atoms with Gasteiger partial charge in [-0.1, -0.05) is 20.8 Å². The molecule has 0 amide bonds. The molecule has 1 saturated carbocycles. The van der Waals surface area contributed by atoms with Crippen LogP contribution < -0.4 is 5.32 Å². The van der Waals surface area contributed by atoms with Crippen LogP contribution in [0.15, 0.2) is 13.2 Å². The van der Waals surface area contributed by atoms with Crippen molar-refractivity contribution in [2.75, 3.05) is 32.8 Å². The third kappa shape index (κ3) is 6.92. The molecule has 3 N–H and O–H groups in total. The van der Waals surface area contributed by atoms with E-state index in [-0.39, 0.29) is 5.48 Å². The van der Waals surface area contributed by atoms with Crippen LogP contribution in [0.4, 0.5) is 0 Å². The molecule has 2 aliphatic heterocycles. The fourth-order valence-corrected chi connectivity index (χ4v) is 3.87. The van der Waals surface area contributed by atoms with Gasteiger partial charge in [-0.2, -0.15) is 0 Å². The smallest absolute Gasteiger partial charge is 0.0622 e. The van der Waals surface area contributed by atoms with Crippen molar-refractivity contribution in [1.82, 2.24) is 10.2 Å². The van der Waals surface area contributed by atoms with Gasteiger partial charge in [-0.25, -0.2) is 0 Å². The zero-order chi connectivity index (χ0) is 16.4. The number of hydrogen-bond donors (Lipinski definition) is 1. The highest BCUT2D eigenvalue weighted by atomic mass is 16.5. The van der Waals surface area contributed by atoms with Gasteiger partial charge in [-0.15, -0.1) is 13.2 Å². The summed E-state index contributed by atoms with van der Waals surface area (Å²) in [5.41, 5.74) is 0. The lowest BCUT2D eigenvalue weighted by Crippen LogP contribution is -2.52. The Morgan fingerprint density at radius 3 is 2.13 bits per heavy atom. The lowest BCUT2D eigenvalue weighted by Gasteiger charge is -2.46. The fraction of sp³-hybridized carbons (Fsp3) is 0.895. The summed E-state index contributed by atoms with van der Waals surface area (Å²) in [4.78, 5) is 2.82. The van der Waals surface area contributed by atoms with E-state index in [1.54, 1.807) is 0 Å². The first-order valence-electron chi connectivity index (χ1n) is 9.37. The molecule has 1 aliphatic carbocycles. The van der Waals surface area contributed by atoms with Crippen LogP contribution in [0.1, 0.15) is 52.9 Å². The molecule has 2 saturated heterocycles. The lowest BCUT2D eigenvalue weighted by atomic mass is 9.79. The predicted octanol–water partition coefficient (Wildman–Crippen LogP) is 2.88. The summed E-state index contributed by atoms with van der Waals surface area (Å²) < 4.78 is 5.62. The average Bonchev–Trinajstić information content (AvgIpc) is 3.09. The Balaban J connectivity index is 0.000000901. The Morgan fingerprint density at radius 2 is 1.65 bits per heavy atom. The molecule has 4 nitrogen and oxygen atoms in total. The first-order valence-corrected chi connectivity index (χ1v) is 9.37. The van der Waals surface area contributed by atoms with E-state index in [9.17, 15) is 0 Å². The van der Waals surface area contributed by atoms with E-state index in [4.69, 9.17) is 4.74 Å². The number of rotatable bonds is 4. The summed E-state index contributed by atoms with van der Waals surface area (Å²) >= 11 is 0. The van der Waals surface area contributed by atoms with Gasteiger partial charge in [0, 0.05) is 25.2 Å². The quantitative estimate of drug-likeness (QED) is 0.807. The summed E-state index contributed by atoms with van der Waals surface area (Å²) in [5.74, 6) is 1.87. The Morgan fingerprint density at radius 1 is 1.04 bits per heavy atom. The molecule has 0 aromatic rings. The monoisotopic (exact) mass is 328 g/mol. The molecule has 3 fully saturated rings. The van der Waals surface area contributed by atoms with Gasteiger partial charge in [0.2, 0.25) is 0 Å². The highest BCUT2D eigenvalue weighted by Gasteiger charge is 2.37. The van der Waals surface area contributed by atoms with Crippen molar-refractivity contribution in [3.8, 4) is 0 Å². The number of nitrogens with one attached hydrogen (secondary N) is 1. The van der Waals surface area contributed by atoms with Crippen molar-refractivity contribution < 1.29 is 10.2 Å². The van der Waals surface area contributed by atoms with Crippen molar-refractivity contribution in [3.05, 3.63) is 13.2 Å². The Labute approximate surface area is 144 Å². The topological polar surface area (TPSA) is 56.0 Å². The van der Waals surface area contributed by atoms with Crippen LogP contribution >= 0.6 is 0 Å². The van der Waals surface area contributed by atoms with Gasteiger partial charge in [0.1, 0.15) is 0 Å². The van der Waals surface area contributed by atoms with Crippen LogP contribution in [-0.4, -0.2) is 55.3 Å². The van der Waals surface area contributed by atoms with Crippen LogP contribution in [0.3, 0.4) is 0 Å². The summed E-state index contributed by atoms with van der Waals surface area (Å²) in [6.45, 7) is 18.1. The molecule has 0 spiro atoms. The summed E-state index contributed by atoms with van der Waals surface area (Å²) in [7, 11) is 0. The Hall–Kier alpha value is -0.420. The van der Waals surface area contributed by atoms with Gasteiger partial charge in [-0.3, -0.25) is 4.90 Å². The van der Waals surface area contributed by atoms with E-state index >= 15 is 0 Å². The molecule has 4 heteroatoms. The molecule has 3 rings (SSSR count). The Bertz CT molecular complexity index is 271. The molecule has 2 heterocycles. The van der Waals surface area contributed by atoms with Crippen LogP contribution in [0.5, 0.6) is 0 Å². The van der Waals surface area contributed by atoms with Crippen LogP contribution in [0.2, 0.25) is 0 Å². The second-order valence-electron chi connectivity index (χ2n) is 6.64.